The molecule has 4 rings (SSSR count). The lowest BCUT2D eigenvalue weighted by atomic mass is 10.1. The summed E-state index contributed by atoms with van der Waals surface area (Å²) in [6.07, 6.45) is 0. The van der Waals surface area contributed by atoms with Crippen LogP contribution in [0, 0.1) is 6.92 Å². The summed E-state index contributed by atoms with van der Waals surface area (Å²) >= 11 is 6.23. The number of benzene rings is 3. The summed E-state index contributed by atoms with van der Waals surface area (Å²) in [5, 5.41) is 6.19. The van der Waals surface area contributed by atoms with Crippen LogP contribution in [-0.4, -0.2) is 24.1 Å². The predicted molar refractivity (Wildman–Crippen MR) is 121 cm³/mol. The molecule has 1 heterocycles. The van der Waals surface area contributed by atoms with Gasteiger partial charge in [-0.2, -0.15) is 0 Å². The molecule has 0 spiro atoms. The van der Waals surface area contributed by atoms with Crippen LogP contribution in [0.3, 0.4) is 0 Å². The summed E-state index contributed by atoms with van der Waals surface area (Å²) < 4.78 is 6.00. The van der Waals surface area contributed by atoms with Crippen molar-refractivity contribution in [1.29, 1.82) is 0 Å². The molecule has 0 unspecified atom stereocenters. The Bertz CT molecular complexity index is 1190. The molecule has 0 amide bonds. The number of fused-ring (bicyclic) bond motifs is 3. The van der Waals surface area contributed by atoms with Crippen molar-refractivity contribution < 1.29 is 4.74 Å². The van der Waals surface area contributed by atoms with Gasteiger partial charge in [0.25, 0.3) is 0 Å². The first kappa shape index (κ1) is 19.0. The molecule has 0 fully saturated rings. The van der Waals surface area contributed by atoms with Gasteiger partial charge in [0.05, 0.1) is 12.1 Å². The Labute approximate surface area is 173 Å². The minimum Gasteiger partial charge on any atom is -0.489 e. The van der Waals surface area contributed by atoms with Crippen LogP contribution >= 0.6 is 11.6 Å². The van der Waals surface area contributed by atoms with Crippen LogP contribution in [0.1, 0.15) is 5.56 Å². The Balaban J connectivity index is 1.76. The maximum absolute atomic E-state index is 6.23. The maximum Gasteiger partial charge on any atom is 0.186 e. The molecule has 0 aliphatic rings. The van der Waals surface area contributed by atoms with E-state index in [1.165, 1.54) is 5.56 Å². The van der Waals surface area contributed by atoms with Gasteiger partial charge >= 0.3 is 0 Å². The number of nitrogens with zero attached hydrogens (tertiary/aromatic N) is 1. The average Bonchev–Trinajstić information content (AvgIpc) is 3.05. The highest BCUT2D eigenvalue weighted by atomic mass is 35.5. The molecule has 3 aromatic carbocycles. The van der Waals surface area contributed by atoms with Gasteiger partial charge in [0, 0.05) is 38.8 Å². The fourth-order valence-electron chi connectivity index (χ4n) is 3.26. The number of aliphatic imine (C=N–C) groups is 1. The van der Waals surface area contributed by atoms with Gasteiger partial charge in [-0.3, -0.25) is 4.99 Å². The third-order valence-corrected chi connectivity index (χ3v) is 4.85. The number of hydrogen-bond acceptors (Lipinski definition) is 3. The van der Waals surface area contributed by atoms with Gasteiger partial charge in [-0.1, -0.05) is 29.3 Å². The summed E-state index contributed by atoms with van der Waals surface area (Å²) in [6.45, 7) is 2.80. The van der Waals surface area contributed by atoms with Crippen LogP contribution in [-0.2, 0) is 0 Å². The summed E-state index contributed by atoms with van der Waals surface area (Å²) in [4.78, 5) is 7.40. The Morgan fingerprint density at radius 3 is 2.59 bits per heavy atom. The van der Waals surface area contributed by atoms with E-state index in [1.807, 2.05) is 36.4 Å². The molecule has 29 heavy (non-hydrogen) atoms. The molecule has 0 saturated carbocycles. The normalized spacial score (nSPS) is 11.0. The second-order valence-corrected chi connectivity index (χ2v) is 7.29. The zero-order valence-electron chi connectivity index (χ0n) is 16.0. The largest absolute Gasteiger partial charge is 0.489 e. The van der Waals surface area contributed by atoms with Crippen LogP contribution in [0.2, 0.25) is 5.02 Å². The zero-order valence-corrected chi connectivity index (χ0v) is 16.8. The molecule has 0 aliphatic heterocycles. The van der Waals surface area contributed by atoms with Gasteiger partial charge < -0.3 is 26.5 Å². The fourth-order valence-corrected chi connectivity index (χ4v) is 3.43. The number of halogens is 1. The van der Waals surface area contributed by atoms with Crippen LogP contribution in [0.25, 0.3) is 21.8 Å². The van der Waals surface area contributed by atoms with Crippen molar-refractivity contribution in [2.75, 3.05) is 18.5 Å². The molecular formula is C22H22ClN5O. The lowest BCUT2D eigenvalue weighted by molar-refractivity contribution is 0.332. The number of aromatic nitrogens is 1. The average molecular weight is 408 g/mol. The molecule has 7 heteroatoms. The van der Waals surface area contributed by atoms with Gasteiger partial charge in [0.2, 0.25) is 0 Å². The standard InChI is InChI=1S/C22H22ClN5O/c1-13-2-5-15(6-3-13)27-16-11-18-17-10-14(23)4-7-19(17)28-21(18)20(12-16)29-9-8-26-22(24)25/h2-7,10-12,27-28H,8-9H2,1H3,(H4,24,25,26). The minimum absolute atomic E-state index is 0.0498. The molecule has 6 nitrogen and oxygen atoms in total. The quantitative estimate of drug-likeness (QED) is 0.212. The van der Waals surface area contributed by atoms with Crippen molar-refractivity contribution in [3.05, 3.63) is 65.2 Å². The number of rotatable bonds is 6. The van der Waals surface area contributed by atoms with E-state index in [0.717, 1.165) is 38.9 Å². The molecule has 148 valence electrons. The summed E-state index contributed by atoms with van der Waals surface area (Å²) in [6, 6.07) is 18.1. The van der Waals surface area contributed by atoms with Crippen molar-refractivity contribution in [2.24, 2.45) is 16.5 Å². The number of ether oxygens (including phenoxy) is 1. The first-order valence-corrected chi connectivity index (χ1v) is 9.64. The van der Waals surface area contributed by atoms with Crippen LogP contribution in [0.15, 0.2) is 59.6 Å². The Morgan fingerprint density at radius 2 is 1.83 bits per heavy atom. The number of aromatic amines is 1. The smallest absolute Gasteiger partial charge is 0.186 e. The van der Waals surface area contributed by atoms with Crippen molar-refractivity contribution in [3.63, 3.8) is 0 Å². The first-order valence-electron chi connectivity index (χ1n) is 9.26. The van der Waals surface area contributed by atoms with Crippen molar-refractivity contribution >= 4 is 50.7 Å². The van der Waals surface area contributed by atoms with E-state index in [2.05, 4.69) is 40.4 Å². The van der Waals surface area contributed by atoms with Crippen molar-refractivity contribution in [1.82, 2.24) is 4.98 Å². The molecule has 0 bridgehead atoms. The molecule has 0 radical (unpaired) electrons. The van der Waals surface area contributed by atoms with E-state index in [-0.39, 0.29) is 5.96 Å². The van der Waals surface area contributed by atoms with Crippen LogP contribution < -0.4 is 21.5 Å². The number of aryl methyl sites for hydroxylation is 1. The summed E-state index contributed by atoms with van der Waals surface area (Å²) in [7, 11) is 0. The van der Waals surface area contributed by atoms with Gasteiger partial charge in [0.15, 0.2) is 5.96 Å². The SMILES string of the molecule is Cc1ccc(Nc2cc(OCCN=C(N)N)c3[nH]c4ccc(Cl)cc4c3c2)cc1. The van der Waals surface area contributed by atoms with E-state index < -0.39 is 0 Å². The summed E-state index contributed by atoms with van der Waals surface area (Å²) in [5.74, 6) is 0.768. The zero-order chi connectivity index (χ0) is 20.4. The minimum atomic E-state index is 0.0498. The molecule has 0 atom stereocenters. The highest BCUT2D eigenvalue weighted by Gasteiger charge is 2.12. The van der Waals surface area contributed by atoms with Crippen LogP contribution in [0.4, 0.5) is 11.4 Å². The van der Waals surface area contributed by atoms with Crippen LogP contribution in [0.5, 0.6) is 5.75 Å². The topological polar surface area (TPSA) is 101 Å². The molecule has 0 saturated heterocycles. The number of anilines is 2. The Morgan fingerprint density at radius 1 is 1.03 bits per heavy atom. The van der Waals surface area contributed by atoms with E-state index in [0.29, 0.717) is 18.2 Å². The highest BCUT2D eigenvalue weighted by molar-refractivity contribution is 6.32. The second kappa shape index (κ2) is 7.93. The van der Waals surface area contributed by atoms with E-state index in [4.69, 9.17) is 27.8 Å². The predicted octanol–water partition coefficient (Wildman–Crippen LogP) is 4.68. The molecule has 0 aliphatic carbocycles. The monoisotopic (exact) mass is 407 g/mol. The highest BCUT2D eigenvalue weighted by Crippen LogP contribution is 2.36. The molecular weight excluding hydrogens is 386 g/mol. The van der Waals surface area contributed by atoms with E-state index in [9.17, 15) is 0 Å². The van der Waals surface area contributed by atoms with Gasteiger partial charge in [-0.15, -0.1) is 0 Å². The number of nitrogens with two attached hydrogens (primary N) is 2. The number of nitrogens with one attached hydrogen (secondary N) is 2. The third-order valence-electron chi connectivity index (χ3n) is 4.62. The second-order valence-electron chi connectivity index (χ2n) is 6.86. The Kier molecular flexibility index (Phi) is 5.18. The molecule has 6 N–H and O–H groups in total. The van der Waals surface area contributed by atoms with E-state index in [1.54, 1.807) is 0 Å². The number of H-pyrrole nitrogens is 1. The summed E-state index contributed by atoms with van der Waals surface area (Å²) in [5.41, 5.74) is 15.8. The van der Waals surface area contributed by atoms with Crippen molar-refractivity contribution in [3.8, 4) is 5.75 Å². The molecule has 1 aromatic heterocycles. The first-order chi connectivity index (χ1) is 14.0. The number of hydrogen-bond donors (Lipinski definition) is 4. The van der Waals surface area contributed by atoms with Gasteiger partial charge in [-0.25, -0.2) is 0 Å². The Hall–Kier alpha value is -3.38. The van der Waals surface area contributed by atoms with Gasteiger partial charge in [0.1, 0.15) is 12.4 Å². The number of guanidine groups is 1. The van der Waals surface area contributed by atoms with Gasteiger partial charge in [-0.05, 0) is 43.3 Å². The maximum atomic E-state index is 6.23. The van der Waals surface area contributed by atoms with E-state index >= 15 is 0 Å². The fraction of sp³-hybridized carbons (Fsp3) is 0.136. The molecule has 4 aromatic rings. The van der Waals surface area contributed by atoms with Crippen molar-refractivity contribution in [2.45, 2.75) is 6.92 Å². The third kappa shape index (κ3) is 4.22. The lowest BCUT2D eigenvalue weighted by Crippen LogP contribution is -2.23. The lowest BCUT2D eigenvalue weighted by Gasteiger charge is -2.11.